The molecule has 1 fully saturated rings. The number of esters is 1. The molecule has 0 spiro atoms. The molecule has 4 nitrogen and oxygen atoms in total. The van der Waals surface area contributed by atoms with E-state index in [2.05, 4.69) is 18.9 Å². The van der Waals surface area contributed by atoms with Crippen molar-refractivity contribution in [1.29, 1.82) is 0 Å². The topological polar surface area (TPSA) is 55.6 Å². The molecule has 1 aliphatic rings. The molecular formula is C14H28N2O2. The van der Waals surface area contributed by atoms with Gasteiger partial charge in [-0.1, -0.05) is 6.92 Å². The van der Waals surface area contributed by atoms with Crippen LogP contribution in [0, 0.1) is 5.92 Å². The number of hydrogen-bond acceptors (Lipinski definition) is 4. The Labute approximate surface area is 111 Å². The van der Waals surface area contributed by atoms with Crippen LogP contribution in [-0.2, 0) is 9.53 Å². The lowest BCUT2D eigenvalue weighted by atomic mass is 9.86. The summed E-state index contributed by atoms with van der Waals surface area (Å²) in [6, 6.07) is 0.186. The van der Waals surface area contributed by atoms with Gasteiger partial charge in [-0.05, 0) is 52.0 Å². The number of carbonyl (C=O) groups excluding carboxylic acids is 1. The normalized spacial score (nSPS) is 26.1. The zero-order valence-corrected chi connectivity index (χ0v) is 12.0. The number of nitrogens with two attached hydrogens (primary N) is 1. The van der Waals surface area contributed by atoms with Gasteiger partial charge in [-0.15, -0.1) is 0 Å². The van der Waals surface area contributed by atoms with E-state index in [0.29, 0.717) is 19.1 Å². The molecule has 0 amide bonds. The third-order valence-corrected chi connectivity index (χ3v) is 3.99. The van der Waals surface area contributed by atoms with Crippen molar-refractivity contribution in [3.05, 3.63) is 0 Å². The molecule has 0 saturated heterocycles. The molecule has 1 rings (SSSR count). The van der Waals surface area contributed by atoms with Crippen LogP contribution in [0.15, 0.2) is 0 Å². The molecule has 1 unspecified atom stereocenters. The maximum Gasteiger partial charge on any atom is 0.322 e. The van der Waals surface area contributed by atoms with Crippen molar-refractivity contribution in [3.8, 4) is 0 Å². The monoisotopic (exact) mass is 256 g/mol. The molecule has 18 heavy (non-hydrogen) atoms. The van der Waals surface area contributed by atoms with E-state index in [0.717, 1.165) is 12.5 Å². The predicted molar refractivity (Wildman–Crippen MR) is 73.3 cm³/mol. The van der Waals surface area contributed by atoms with Crippen LogP contribution in [0.4, 0.5) is 0 Å². The molecule has 106 valence electrons. The molecule has 0 heterocycles. The molecule has 0 radical (unpaired) electrons. The van der Waals surface area contributed by atoms with Crippen molar-refractivity contribution in [2.45, 2.75) is 58.0 Å². The van der Waals surface area contributed by atoms with E-state index in [4.69, 9.17) is 10.5 Å². The largest absolute Gasteiger partial charge is 0.465 e. The minimum absolute atomic E-state index is 0.275. The number of ether oxygens (including phenoxy) is 1. The fourth-order valence-corrected chi connectivity index (χ4v) is 2.58. The second-order valence-electron chi connectivity index (χ2n) is 5.54. The van der Waals surface area contributed by atoms with Crippen LogP contribution < -0.4 is 5.73 Å². The lowest BCUT2D eigenvalue weighted by Gasteiger charge is -2.33. The van der Waals surface area contributed by atoms with Gasteiger partial charge >= 0.3 is 5.97 Å². The SMILES string of the molecule is CCOC(=O)C(N)CCN(C)C1CCC(C)CC1. The van der Waals surface area contributed by atoms with E-state index >= 15 is 0 Å². The minimum atomic E-state index is -0.477. The number of hydrogen-bond donors (Lipinski definition) is 1. The van der Waals surface area contributed by atoms with Crippen LogP contribution >= 0.6 is 0 Å². The Morgan fingerprint density at radius 3 is 2.56 bits per heavy atom. The minimum Gasteiger partial charge on any atom is -0.465 e. The molecule has 1 saturated carbocycles. The predicted octanol–water partition coefficient (Wildman–Crippen LogP) is 1.78. The first-order chi connectivity index (χ1) is 8.54. The molecule has 0 aromatic heterocycles. The standard InChI is InChI=1S/C14H28N2O2/c1-4-18-14(17)13(15)9-10-16(3)12-7-5-11(2)6-8-12/h11-13H,4-10,15H2,1-3H3. The number of rotatable bonds is 6. The molecule has 4 heteroatoms. The molecule has 0 aromatic rings. The van der Waals surface area contributed by atoms with Gasteiger partial charge in [-0.25, -0.2) is 0 Å². The summed E-state index contributed by atoms with van der Waals surface area (Å²) in [4.78, 5) is 13.8. The second kappa shape index (κ2) is 7.74. The average molecular weight is 256 g/mol. The summed E-state index contributed by atoms with van der Waals surface area (Å²) in [5, 5.41) is 0. The van der Waals surface area contributed by atoms with Crippen molar-refractivity contribution in [2.24, 2.45) is 11.7 Å². The molecule has 0 aromatic carbocycles. The Balaban J connectivity index is 2.23. The fourth-order valence-electron chi connectivity index (χ4n) is 2.58. The van der Waals surface area contributed by atoms with Gasteiger partial charge in [0.15, 0.2) is 0 Å². The smallest absolute Gasteiger partial charge is 0.322 e. The first-order valence-electron chi connectivity index (χ1n) is 7.17. The Morgan fingerprint density at radius 2 is 2.00 bits per heavy atom. The Hall–Kier alpha value is -0.610. The summed E-state index contributed by atoms with van der Waals surface area (Å²) in [5.74, 6) is 0.597. The van der Waals surface area contributed by atoms with Crippen LogP contribution in [0.1, 0.15) is 46.0 Å². The van der Waals surface area contributed by atoms with Crippen LogP contribution in [0.5, 0.6) is 0 Å². The maximum absolute atomic E-state index is 11.4. The van der Waals surface area contributed by atoms with Gasteiger partial charge in [0.05, 0.1) is 6.61 Å². The lowest BCUT2D eigenvalue weighted by molar-refractivity contribution is -0.144. The Kier molecular flexibility index (Phi) is 6.65. The zero-order valence-electron chi connectivity index (χ0n) is 12.0. The zero-order chi connectivity index (χ0) is 13.5. The van der Waals surface area contributed by atoms with Crippen molar-refractivity contribution < 1.29 is 9.53 Å². The summed E-state index contributed by atoms with van der Waals surface area (Å²) in [7, 11) is 2.14. The summed E-state index contributed by atoms with van der Waals surface area (Å²) >= 11 is 0. The number of carbonyl (C=O) groups is 1. The van der Waals surface area contributed by atoms with Crippen LogP contribution in [-0.4, -0.2) is 43.2 Å². The quantitative estimate of drug-likeness (QED) is 0.736. The molecular weight excluding hydrogens is 228 g/mol. The van der Waals surface area contributed by atoms with E-state index in [1.165, 1.54) is 25.7 Å². The van der Waals surface area contributed by atoms with Gasteiger partial charge in [0.2, 0.25) is 0 Å². The average Bonchev–Trinajstić information content (AvgIpc) is 2.36. The lowest BCUT2D eigenvalue weighted by Crippen LogP contribution is -2.40. The van der Waals surface area contributed by atoms with Crippen molar-refractivity contribution in [1.82, 2.24) is 4.90 Å². The molecule has 1 aliphatic carbocycles. The van der Waals surface area contributed by atoms with E-state index in [1.54, 1.807) is 6.92 Å². The van der Waals surface area contributed by atoms with Crippen LogP contribution in [0.2, 0.25) is 0 Å². The summed E-state index contributed by atoms with van der Waals surface area (Å²) in [6.45, 7) is 5.41. The Bertz CT molecular complexity index is 250. The molecule has 2 N–H and O–H groups in total. The molecule has 1 atom stereocenters. The van der Waals surface area contributed by atoms with Gasteiger partial charge in [0.25, 0.3) is 0 Å². The van der Waals surface area contributed by atoms with Gasteiger partial charge in [0, 0.05) is 12.6 Å². The van der Waals surface area contributed by atoms with Crippen molar-refractivity contribution in [3.63, 3.8) is 0 Å². The summed E-state index contributed by atoms with van der Waals surface area (Å²) < 4.78 is 4.91. The van der Waals surface area contributed by atoms with E-state index in [-0.39, 0.29) is 5.97 Å². The highest BCUT2D eigenvalue weighted by Crippen LogP contribution is 2.26. The van der Waals surface area contributed by atoms with E-state index < -0.39 is 6.04 Å². The summed E-state index contributed by atoms with van der Waals surface area (Å²) in [6.07, 6.45) is 5.86. The maximum atomic E-state index is 11.4. The highest BCUT2D eigenvalue weighted by Gasteiger charge is 2.23. The third kappa shape index (κ3) is 4.94. The first kappa shape index (κ1) is 15.4. The van der Waals surface area contributed by atoms with E-state index in [1.807, 2.05) is 0 Å². The van der Waals surface area contributed by atoms with Crippen LogP contribution in [0.3, 0.4) is 0 Å². The van der Waals surface area contributed by atoms with Gasteiger partial charge < -0.3 is 15.4 Å². The first-order valence-corrected chi connectivity index (χ1v) is 7.17. The van der Waals surface area contributed by atoms with Gasteiger partial charge in [-0.2, -0.15) is 0 Å². The van der Waals surface area contributed by atoms with Gasteiger partial charge in [-0.3, -0.25) is 4.79 Å². The number of nitrogens with zero attached hydrogens (tertiary/aromatic N) is 1. The highest BCUT2D eigenvalue weighted by atomic mass is 16.5. The van der Waals surface area contributed by atoms with Gasteiger partial charge in [0.1, 0.15) is 6.04 Å². The van der Waals surface area contributed by atoms with Crippen molar-refractivity contribution >= 4 is 5.97 Å². The second-order valence-corrected chi connectivity index (χ2v) is 5.54. The van der Waals surface area contributed by atoms with Crippen molar-refractivity contribution in [2.75, 3.05) is 20.2 Å². The van der Waals surface area contributed by atoms with E-state index in [9.17, 15) is 4.79 Å². The fraction of sp³-hybridized carbons (Fsp3) is 0.929. The molecule has 0 aliphatic heterocycles. The summed E-state index contributed by atoms with van der Waals surface area (Å²) in [5.41, 5.74) is 5.80. The molecule has 0 bridgehead atoms. The highest BCUT2D eigenvalue weighted by molar-refractivity contribution is 5.75. The third-order valence-electron chi connectivity index (χ3n) is 3.99. The van der Waals surface area contributed by atoms with Crippen LogP contribution in [0.25, 0.3) is 0 Å². The Morgan fingerprint density at radius 1 is 1.39 bits per heavy atom.